The highest BCUT2D eigenvalue weighted by atomic mass is 16.6. The number of carbonyl (C=O) groups excluding carboxylic acids is 2. The van der Waals surface area contributed by atoms with Gasteiger partial charge in [0.15, 0.2) is 17.3 Å². The van der Waals surface area contributed by atoms with Gasteiger partial charge in [-0.2, -0.15) is 0 Å². The van der Waals surface area contributed by atoms with Gasteiger partial charge in [-0.1, -0.05) is 6.07 Å². The molecule has 1 aliphatic heterocycles. The zero-order chi connectivity index (χ0) is 21.1. The number of hydrogen-bond acceptors (Lipinski definition) is 6. The summed E-state index contributed by atoms with van der Waals surface area (Å²) in [4.78, 5) is 28.3. The third kappa shape index (κ3) is 4.29. The van der Waals surface area contributed by atoms with Crippen molar-refractivity contribution in [3.63, 3.8) is 0 Å². The number of ketones is 1. The number of aryl methyl sites for hydroxylation is 1. The van der Waals surface area contributed by atoms with Crippen molar-refractivity contribution in [1.29, 1.82) is 0 Å². The van der Waals surface area contributed by atoms with Crippen LogP contribution in [0, 0.1) is 13.8 Å². The topological polar surface area (TPSA) is 89.7 Å². The van der Waals surface area contributed by atoms with Crippen molar-refractivity contribution in [1.82, 2.24) is 10.3 Å². The molecule has 0 radical (unpaired) electrons. The number of hydrogen-bond donors (Lipinski definition) is 2. The zero-order valence-corrected chi connectivity index (χ0v) is 17.5. The molecule has 0 aliphatic carbocycles. The summed E-state index contributed by atoms with van der Waals surface area (Å²) in [6, 6.07) is 5.26. The van der Waals surface area contributed by atoms with Crippen LogP contribution in [-0.4, -0.2) is 42.6 Å². The molecule has 7 nitrogen and oxygen atoms in total. The summed E-state index contributed by atoms with van der Waals surface area (Å²) in [6.07, 6.45) is 0. The van der Waals surface area contributed by atoms with Crippen molar-refractivity contribution in [2.75, 3.05) is 19.8 Å². The van der Waals surface area contributed by atoms with E-state index in [-0.39, 0.29) is 18.4 Å². The van der Waals surface area contributed by atoms with Gasteiger partial charge in [-0.15, -0.1) is 0 Å². The van der Waals surface area contributed by atoms with Crippen molar-refractivity contribution >= 4 is 11.8 Å². The quantitative estimate of drug-likeness (QED) is 0.546. The van der Waals surface area contributed by atoms with E-state index in [4.69, 9.17) is 14.2 Å². The number of fused-ring (bicyclic) bond motifs is 1. The second kappa shape index (κ2) is 8.69. The minimum absolute atomic E-state index is 0.0781. The summed E-state index contributed by atoms with van der Waals surface area (Å²) in [7, 11) is 0. The Morgan fingerprint density at radius 2 is 1.86 bits per heavy atom. The van der Waals surface area contributed by atoms with E-state index >= 15 is 0 Å². The summed E-state index contributed by atoms with van der Waals surface area (Å²) >= 11 is 0. The Labute approximate surface area is 170 Å². The first-order valence-electron chi connectivity index (χ1n) is 9.89. The van der Waals surface area contributed by atoms with Crippen molar-refractivity contribution in [3.05, 3.63) is 46.3 Å². The third-order valence-corrected chi connectivity index (χ3v) is 5.12. The van der Waals surface area contributed by atoms with Gasteiger partial charge in [0.05, 0.1) is 23.9 Å². The van der Waals surface area contributed by atoms with Gasteiger partial charge >= 0.3 is 5.97 Å². The van der Waals surface area contributed by atoms with Gasteiger partial charge in [0.1, 0.15) is 13.2 Å². The molecular formula is C22H28N2O5. The Kier molecular flexibility index (Phi) is 6.27. The van der Waals surface area contributed by atoms with Crippen LogP contribution in [0.4, 0.5) is 0 Å². The first kappa shape index (κ1) is 20.9. The van der Waals surface area contributed by atoms with E-state index in [1.165, 1.54) is 0 Å². The number of carbonyl (C=O) groups is 2. The molecule has 156 valence electrons. The molecule has 0 saturated carbocycles. The van der Waals surface area contributed by atoms with Gasteiger partial charge in [0, 0.05) is 11.7 Å². The molecule has 7 heteroatoms. The Balaban J connectivity index is 1.74. The zero-order valence-electron chi connectivity index (χ0n) is 17.5. The van der Waals surface area contributed by atoms with Crippen LogP contribution in [0.3, 0.4) is 0 Å². The van der Waals surface area contributed by atoms with Crippen LogP contribution >= 0.6 is 0 Å². The van der Waals surface area contributed by atoms with Gasteiger partial charge < -0.3 is 24.5 Å². The standard InChI is InChI=1S/C22H28N2O5/c1-6-27-22(26)19-12(2)20(24-14(19)4)21(25)15(5)23-13(3)16-7-8-17-18(11-16)29-10-9-28-17/h7-8,11,13,15,23-24H,6,9-10H2,1-5H3/t13-,15-/m1/s1. The number of Topliss-reactive ketones (excluding diaryl/α,β-unsaturated/α-hetero) is 1. The number of ether oxygens (including phenoxy) is 3. The molecule has 0 saturated heterocycles. The normalized spacial score (nSPS) is 14.9. The molecule has 1 aromatic heterocycles. The lowest BCUT2D eigenvalue weighted by Gasteiger charge is -2.23. The molecule has 0 amide bonds. The van der Waals surface area contributed by atoms with Crippen molar-refractivity contribution in [2.24, 2.45) is 0 Å². The van der Waals surface area contributed by atoms with E-state index in [1.54, 1.807) is 20.8 Å². The van der Waals surface area contributed by atoms with Gasteiger partial charge in [0.25, 0.3) is 0 Å². The second-order valence-electron chi connectivity index (χ2n) is 7.22. The molecule has 0 fully saturated rings. The van der Waals surface area contributed by atoms with Crippen LogP contribution in [0.5, 0.6) is 11.5 Å². The van der Waals surface area contributed by atoms with Crippen LogP contribution in [0.25, 0.3) is 0 Å². The highest BCUT2D eigenvalue weighted by molar-refractivity contribution is 6.03. The van der Waals surface area contributed by atoms with Crippen LogP contribution in [0.2, 0.25) is 0 Å². The molecule has 0 bridgehead atoms. The Morgan fingerprint density at radius 3 is 2.55 bits per heavy atom. The molecule has 2 N–H and O–H groups in total. The molecular weight excluding hydrogens is 372 g/mol. The van der Waals surface area contributed by atoms with E-state index in [0.29, 0.717) is 35.7 Å². The SMILES string of the molecule is CCOC(=O)c1c(C)[nH]c(C(=O)[C@@H](C)N[C@H](C)c2ccc3c(c2)OCCO3)c1C. The summed E-state index contributed by atoms with van der Waals surface area (Å²) in [5.74, 6) is 0.935. The summed E-state index contributed by atoms with van der Waals surface area (Å²) in [5.41, 5.74) is 3.12. The van der Waals surface area contributed by atoms with Gasteiger partial charge in [-0.3, -0.25) is 4.79 Å². The number of esters is 1. The van der Waals surface area contributed by atoms with E-state index in [9.17, 15) is 9.59 Å². The smallest absolute Gasteiger partial charge is 0.340 e. The Morgan fingerprint density at radius 1 is 1.17 bits per heavy atom. The monoisotopic (exact) mass is 400 g/mol. The predicted molar refractivity (Wildman–Crippen MR) is 109 cm³/mol. The average molecular weight is 400 g/mol. The lowest BCUT2D eigenvalue weighted by Crippen LogP contribution is -2.36. The largest absolute Gasteiger partial charge is 0.486 e. The number of aromatic amines is 1. The average Bonchev–Trinajstić information content (AvgIpc) is 3.01. The predicted octanol–water partition coefficient (Wildman–Crippen LogP) is 3.50. The maximum atomic E-state index is 13.0. The molecule has 3 rings (SSSR count). The maximum absolute atomic E-state index is 13.0. The number of nitrogens with one attached hydrogen (secondary N) is 2. The third-order valence-electron chi connectivity index (χ3n) is 5.12. The molecule has 0 unspecified atom stereocenters. The molecule has 0 spiro atoms. The Bertz CT molecular complexity index is 918. The summed E-state index contributed by atoms with van der Waals surface area (Å²) in [6.45, 7) is 10.5. The number of rotatable bonds is 7. The first-order chi connectivity index (χ1) is 13.8. The highest BCUT2D eigenvalue weighted by Gasteiger charge is 2.26. The molecule has 2 aromatic rings. The molecule has 1 aliphatic rings. The van der Waals surface area contributed by atoms with Crippen LogP contribution in [-0.2, 0) is 4.74 Å². The van der Waals surface area contributed by atoms with Gasteiger partial charge in [-0.05, 0) is 57.9 Å². The highest BCUT2D eigenvalue weighted by Crippen LogP contribution is 2.32. The van der Waals surface area contributed by atoms with Crippen molar-refractivity contribution < 1.29 is 23.8 Å². The lowest BCUT2D eigenvalue weighted by atomic mass is 10.0. The lowest BCUT2D eigenvalue weighted by molar-refractivity contribution is 0.0525. The van der Waals surface area contributed by atoms with Gasteiger partial charge in [0.2, 0.25) is 0 Å². The van der Waals surface area contributed by atoms with Gasteiger partial charge in [-0.25, -0.2) is 4.79 Å². The number of aromatic nitrogens is 1. The first-order valence-corrected chi connectivity index (χ1v) is 9.89. The fraction of sp³-hybridized carbons (Fsp3) is 0.455. The van der Waals surface area contributed by atoms with E-state index in [0.717, 1.165) is 17.1 Å². The second-order valence-corrected chi connectivity index (χ2v) is 7.22. The van der Waals surface area contributed by atoms with E-state index in [2.05, 4.69) is 10.3 Å². The van der Waals surface area contributed by atoms with Crippen LogP contribution in [0.1, 0.15) is 64.5 Å². The molecule has 1 aromatic carbocycles. The van der Waals surface area contributed by atoms with Crippen LogP contribution in [0.15, 0.2) is 18.2 Å². The summed E-state index contributed by atoms with van der Waals surface area (Å²) < 4.78 is 16.3. The number of benzene rings is 1. The minimum atomic E-state index is -0.454. The van der Waals surface area contributed by atoms with Crippen molar-refractivity contribution in [3.8, 4) is 11.5 Å². The van der Waals surface area contributed by atoms with E-state index in [1.807, 2.05) is 32.0 Å². The van der Waals surface area contributed by atoms with E-state index < -0.39 is 12.0 Å². The minimum Gasteiger partial charge on any atom is -0.486 e. The van der Waals surface area contributed by atoms with Crippen molar-refractivity contribution in [2.45, 2.75) is 46.7 Å². The van der Waals surface area contributed by atoms with Crippen LogP contribution < -0.4 is 14.8 Å². The molecule has 29 heavy (non-hydrogen) atoms. The fourth-order valence-electron chi connectivity index (χ4n) is 3.60. The molecule has 2 atom stereocenters. The Hall–Kier alpha value is -2.80. The fourth-order valence-corrected chi connectivity index (χ4v) is 3.60. The molecule has 2 heterocycles. The summed E-state index contributed by atoms with van der Waals surface area (Å²) in [5, 5.41) is 3.33. The maximum Gasteiger partial charge on any atom is 0.340 e. The number of H-pyrrole nitrogens is 1.